The lowest BCUT2D eigenvalue weighted by Crippen LogP contribution is -2.35. The number of aromatic hydroxyl groups is 1. The number of hydrogen-bond donors (Lipinski definition) is 3. The van der Waals surface area contributed by atoms with Crippen molar-refractivity contribution in [2.24, 2.45) is 5.73 Å². The molecular formula is C25H31ClN3O5P. The predicted molar refractivity (Wildman–Crippen MR) is 138 cm³/mol. The molecule has 1 heterocycles. The average Bonchev–Trinajstić information content (AvgIpc) is 2.87. The highest BCUT2D eigenvalue weighted by molar-refractivity contribution is 7.45. The highest BCUT2D eigenvalue weighted by atomic mass is 35.5. The lowest BCUT2D eigenvalue weighted by atomic mass is 10.1. The van der Waals surface area contributed by atoms with Crippen molar-refractivity contribution in [1.82, 2.24) is 10.1 Å². The van der Waals surface area contributed by atoms with Gasteiger partial charge in [0.2, 0.25) is 0 Å². The second kappa shape index (κ2) is 14.6. The van der Waals surface area contributed by atoms with E-state index < -0.39 is 20.5 Å². The smallest absolute Gasteiger partial charge is 0.328 e. The van der Waals surface area contributed by atoms with Gasteiger partial charge in [-0.1, -0.05) is 43.6 Å². The summed E-state index contributed by atoms with van der Waals surface area (Å²) in [5.74, 6) is 0.474. The molecule has 3 rings (SSSR count). The standard InChI is InChI=1S/C23H25ClN3O5P.C2H6/c1-15-22(28)21(12-25)17(13-26-15)14-30-33(32-20-6-4-3-5-7-20)27-16(2)23(29)31-19-10-8-18(24)9-11-19;1-2/h3-11,13,16,27-28H,12,14,25H2,1-2H3;1-2H3. The third-order valence-corrected chi connectivity index (χ3v) is 6.18. The number of aromatic nitrogens is 1. The van der Waals surface area contributed by atoms with Crippen molar-refractivity contribution in [3.8, 4) is 17.2 Å². The number of hydrogen-bond acceptors (Lipinski definition) is 8. The van der Waals surface area contributed by atoms with Crippen molar-refractivity contribution >= 4 is 26.1 Å². The summed E-state index contributed by atoms with van der Waals surface area (Å²) in [5.41, 5.74) is 7.46. The molecule has 2 aromatic carbocycles. The van der Waals surface area contributed by atoms with E-state index in [1.807, 2.05) is 32.0 Å². The molecule has 188 valence electrons. The van der Waals surface area contributed by atoms with Gasteiger partial charge in [0.05, 0.1) is 12.3 Å². The number of pyridine rings is 1. The first-order chi connectivity index (χ1) is 16.9. The second-order valence-corrected chi connectivity index (χ2v) is 8.71. The van der Waals surface area contributed by atoms with Gasteiger partial charge in [-0.2, -0.15) is 0 Å². The Bertz CT molecular complexity index is 1070. The fourth-order valence-electron chi connectivity index (χ4n) is 2.75. The summed E-state index contributed by atoms with van der Waals surface area (Å²) in [6.45, 7) is 7.54. The molecule has 35 heavy (non-hydrogen) atoms. The van der Waals surface area contributed by atoms with E-state index in [2.05, 4.69) is 10.1 Å². The third kappa shape index (κ3) is 8.76. The Morgan fingerprint density at radius 2 is 1.80 bits per heavy atom. The number of carbonyl (C=O) groups excluding carboxylic acids is 1. The fraction of sp³-hybridized carbons (Fsp3) is 0.280. The van der Waals surface area contributed by atoms with E-state index in [1.54, 1.807) is 56.4 Å². The number of nitrogens with one attached hydrogen (secondary N) is 1. The van der Waals surface area contributed by atoms with Gasteiger partial charge in [-0.15, -0.1) is 0 Å². The molecule has 0 saturated heterocycles. The summed E-state index contributed by atoms with van der Waals surface area (Å²) < 4.78 is 17.3. The monoisotopic (exact) mass is 519 g/mol. The fourth-order valence-corrected chi connectivity index (χ4v) is 4.05. The molecule has 10 heteroatoms. The van der Waals surface area contributed by atoms with Gasteiger partial charge in [-0.3, -0.25) is 4.98 Å². The molecule has 0 saturated carbocycles. The average molecular weight is 520 g/mol. The zero-order valence-corrected chi connectivity index (χ0v) is 21.8. The summed E-state index contributed by atoms with van der Waals surface area (Å²) >= 11 is 5.87. The molecule has 2 atom stereocenters. The number of rotatable bonds is 10. The molecule has 0 aliphatic carbocycles. The van der Waals surface area contributed by atoms with E-state index >= 15 is 0 Å². The largest absolute Gasteiger partial charge is 0.506 e. The molecule has 0 spiro atoms. The molecule has 0 fully saturated rings. The SMILES string of the molecule is CC.Cc1ncc(COP(NC(C)C(=O)Oc2ccc(Cl)cc2)Oc2ccccc2)c(CN)c1O. The molecule has 3 aromatic rings. The maximum atomic E-state index is 12.6. The van der Waals surface area contributed by atoms with Gasteiger partial charge in [-0.05, 0) is 50.2 Å². The summed E-state index contributed by atoms with van der Waals surface area (Å²) in [4.78, 5) is 16.7. The van der Waals surface area contributed by atoms with Gasteiger partial charge in [0.25, 0.3) is 0 Å². The number of ether oxygens (including phenoxy) is 1. The quantitative estimate of drug-likeness (QED) is 0.179. The van der Waals surface area contributed by atoms with Crippen molar-refractivity contribution < 1.29 is 23.7 Å². The van der Waals surface area contributed by atoms with Crippen molar-refractivity contribution in [1.29, 1.82) is 0 Å². The van der Waals surface area contributed by atoms with Crippen LogP contribution in [0.3, 0.4) is 0 Å². The maximum absolute atomic E-state index is 12.6. The first kappa shape index (κ1) is 28.5. The molecule has 0 radical (unpaired) electrons. The molecule has 8 nitrogen and oxygen atoms in total. The lowest BCUT2D eigenvalue weighted by molar-refractivity contribution is -0.135. The number of carbonyl (C=O) groups is 1. The van der Waals surface area contributed by atoms with Crippen LogP contribution in [0.1, 0.15) is 37.6 Å². The minimum absolute atomic E-state index is 0.0415. The lowest BCUT2D eigenvalue weighted by Gasteiger charge is -2.22. The molecule has 1 aromatic heterocycles. The van der Waals surface area contributed by atoms with Crippen LogP contribution >= 0.6 is 20.1 Å². The van der Waals surface area contributed by atoms with Gasteiger partial charge >= 0.3 is 14.5 Å². The van der Waals surface area contributed by atoms with Gasteiger partial charge in [0, 0.05) is 28.9 Å². The number of halogens is 1. The van der Waals surface area contributed by atoms with Gasteiger partial charge in [0.15, 0.2) is 0 Å². The summed E-state index contributed by atoms with van der Waals surface area (Å²) in [7, 11) is -1.77. The van der Waals surface area contributed by atoms with E-state index in [1.165, 1.54) is 0 Å². The summed E-state index contributed by atoms with van der Waals surface area (Å²) in [5, 5.41) is 13.8. The third-order valence-electron chi connectivity index (χ3n) is 4.59. The van der Waals surface area contributed by atoms with E-state index in [4.69, 9.17) is 31.1 Å². The molecule has 0 aliphatic rings. The van der Waals surface area contributed by atoms with Crippen LogP contribution in [0.15, 0.2) is 60.8 Å². The minimum atomic E-state index is -1.77. The normalized spacial score (nSPS) is 12.2. The van der Waals surface area contributed by atoms with Crippen LogP contribution in [0.25, 0.3) is 0 Å². The van der Waals surface area contributed by atoms with Crippen molar-refractivity contribution in [3.05, 3.63) is 82.6 Å². The number of benzene rings is 2. The maximum Gasteiger partial charge on any atom is 0.328 e. The van der Waals surface area contributed by atoms with E-state index in [0.29, 0.717) is 33.3 Å². The summed E-state index contributed by atoms with van der Waals surface area (Å²) in [6, 6.07) is 14.8. The number of nitrogens with two attached hydrogens (primary N) is 1. The minimum Gasteiger partial charge on any atom is -0.506 e. The first-order valence-electron chi connectivity index (χ1n) is 11.1. The molecule has 0 bridgehead atoms. The van der Waals surface area contributed by atoms with Crippen molar-refractivity contribution in [3.63, 3.8) is 0 Å². The Labute approximate surface area is 212 Å². The topological polar surface area (TPSA) is 116 Å². The van der Waals surface area contributed by atoms with Crippen molar-refractivity contribution in [2.75, 3.05) is 0 Å². The van der Waals surface area contributed by atoms with Crippen LogP contribution in [-0.4, -0.2) is 22.1 Å². The molecule has 4 N–H and O–H groups in total. The van der Waals surface area contributed by atoms with Crippen LogP contribution in [0, 0.1) is 6.92 Å². The van der Waals surface area contributed by atoms with E-state index in [-0.39, 0.29) is 18.9 Å². The zero-order chi connectivity index (χ0) is 25.8. The highest BCUT2D eigenvalue weighted by Gasteiger charge is 2.24. The number of para-hydroxylation sites is 1. The zero-order valence-electron chi connectivity index (χ0n) is 20.2. The van der Waals surface area contributed by atoms with Gasteiger partial charge in [-0.25, -0.2) is 9.88 Å². The number of aryl methyl sites for hydroxylation is 1. The Balaban J connectivity index is 0.00000210. The van der Waals surface area contributed by atoms with Crippen molar-refractivity contribution in [2.45, 2.75) is 46.9 Å². The molecule has 0 aliphatic heterocycles. The van der Waals surface area contributed by atoms with E-state index in [9.17, 15) is 9.90 Å². The van der Waals surface area contributed by atoms with Crippen LogP contribution in [-0.2, 0) is 22.5 Å². The van der Waals surface area contributed by atoms with Crippen LogP contribution in [0.4, 0.5) is 0 Å². The number of esters is 1. The number of nitrogens with zero attached hydrogens (tertiary/aromatic N) is 1. The summed E-state index contributed by atoms with van der Waals surface area (Å²) in [6.07, 6.45) is 1.60. The Morgan fingerprint density at radius 1 is 1.14 bits per heavy atom. The Morgan fingerprint density at radius 3 is 2.43 bits per heavy atom. The van der Waals surface area contributed by atoms with E-state index in [0.717, 1.165) is 0 Å². The predicted octanol–water partition coefficient (Wildman–Crippen LogP) is 5.64. The Hall–Kier alpha value is -2.74. The van der Waals surface area contributed by atoms with Crippen LogP contribution < -0.4 is 20.1 Å². The van der Waals surface area contributed by atoms with Gasteiger partial charge < -0.3 is 24.6 Å². The molecule has 0 amide bonds. The molecular weight excluding hydrogens is 489 g/mol. The van der Waals surface area contributed by atoms with Crippen LogP contribution in [0.5, 0.6) is 17.2 Å². The Kier molecular flexibility index (Phi) is 11.9. The molecule has 2 unspecified atom stereocenters. The second-order valence-electron chi connectivity index (χ2n) is 7.06. The van der Waals surface area contributed by atoms with Gasteiger partial charge in [0.1, 0.15) is 23.3 Å². The van der Waals surface area contributed by atoms with Crippen LogP contribution in [0.2, 0.25) is 5.02 Å². The first-order valence-corrected chi connectivity index (χ1v) is 12.7. The highest BCUT2D eigenvalue weighted by Crippen LogP contribution is 2.38.